The van der Waals surface area contributed by atoms with Crippen LogP contribution in [0.3, 0.4) is 0 Å². The minimum atomic E-state index is -0.487. The van der Waals surface area contributed by atoms with Crippen molar-refractivity contribution in [3.8, 4) is 0 Å². The third kappa shape index (κ3) is 10.8. The van der Waals surface area contributed by atoms with Crippen LogP contribution in [0.1, 0.15) is 66.9 Å². The van der Waals surface area contributed by atoms with Crippen LogP contribution in [-0.2, 0) is 11.2 Å². The Hall–Kier alpha value is -1.55. The molecule has 2 N–H and O–H groups in total. The van der Waals surface area contributed by atoms with E-state index < -0.39 is 11.7 Å². The SMILES string of the molecule is CC(CCC(C)(C)C)NCCc1ccc(NC(=O)OC(C)(C)C)cc1. The van der Waals surface area contributed by atoms with E-state index in [0.29, 0.717) is 11.5 Å². The lowest BCUT2D eigenvalue weighted by Crippen LogP contribution is -2.29. The smallest absolute Gasteiger partial charge is 0.412 e. The molecule has 25 heavy (non-hydrogen) atoms. The Kier molecular flexibility index (Phi) is 7.94. The highest BCUT2D eigenvalue weighted by atomic mass is 16.6. The summed E-state index contributed by atoms with van der Waals surface area (Å²) < 4.78 is 5.25. The predicted octanol–water partition coefficient (Wildman–Crippen LogP) is 5.38. The summed E-state index contributed by atoms with van der Waals surface area (Å²) in [6.45, 7) is 15.6. The molecule has 0 aliphatic carbocycles. The van der Waals surface area contributed by atoms with Crippen LogP contribution >= 0.6 is 0 Å². The first-order valence-corrected chi connectivity index (χ1v) is 9.27. The molecule has 1 amide bonds. The number of hydrogen-bond donors (Lipinski definition) is 2. The molecule has 0 spiro atoms. The number of rotatable bonds is 7. The Morgan fingerprint density at radius 1 is 1.08 bits per heavy atom. The number of amides is 1. The van der Waals surface area contributed by atoms with E-state index in [-0.39, 0.29) is 0 Å². The van der Waals surface area contributed by atoms with Crippen molar-refractivity contribution in [2.45, 2.75) is 79.4 Å². The van der Waals surface area contributed by atoms with E-state index in [2.05, 4.69) is 38.3 Å². The zero-order valence-corrected chi connectivity index (χ0v) is 17.0. The molecule has 142 valence electrons. The molecule has 1 atom stereocenters. The number of benzene rings is 1. The molecule has 0 radical (unpaired) electrons. The van der Waals surface area contributed by atoms with Crippen molar-refractivity contribution < 1.29 is 9.53 Å². The molecule has 1 aromatic rings. The Balaban J connectivity index is 2.34. The molecule has 0 saturated carbocycles. The molecule has 4 nitrogen and oxygen atoms in total. The van der Waals surface area contributed by atoms with Gasteiger partial charge >= 0.3 is 6.09 Å². The van der Waals surface area contributed by atoms with Gasteiger partial charge in [-0.05, 0) is 76.6 Å². The number of carbonyl (C=O) groups is 1. The van der Waals surface area contributed by atoms with Gasteiger partial charge in [0.05, 0.1) is 0 Å². The fraction of sp³-hybridized carbons (Fsp3) is 0.667. The number of hydrogen-bond acceptors (Lipinski definition) is 3. The molecule has 0 bridgehead atoms. The molecule has 0 heterocycles. The molecule has 4 heteroatoms. The van der Waals surface area contributed by atoms with Crippen molar-refractivity contribution in [1.29, 1.82) is 0 Å². The van der Waals surface area contributed by atoms with E-state index in [4.69, 9.17) is 4.74 Å². The van der Waals surface area contributed by atoms with E-state index in [9.17, 15) is 4.79 Å². The second-order valence-corrected chi connectivity index (χ2v) is 9.03. The molecular formula is C21H36N2O2. The fourth-order valence-electron chi connectivity index (χ4n) is 2.39. The minimum absolute atomic E-state index is 0.396. The molecule has 0 saturated heterocycles. The average Bonchev–Trinajstić information content (AvgIpc) is 2.44. The quantitative estimate of drug-likeness (QED) is 0.695. The topological polar surface area (TPSA) is 50.4 Å². The first kappa shape index (κ1) is 21.5. The minimum Gasteiger partial charge on any atom is -0.444 e. The van der Waals surface area contributed by atoms with Crippen LogP contribution in [0.5, 0.6) is 0 Å². The van der Waals surface area contributed by atoms with Crippen molar-refractivity contribution >= 4 is 11.8 Å². The van der Waals surface area contributed by atoms with Gasteiger partial charge in [0, 0.05) is 11.7 Å². The lowest BCUT2D eigenvalue weighted by molar-refractivity contribution is 0.0636. The Morgan fingerprint density at radius 2 is 1.68 bits per heavy atom. The maximum absolute atomic E-state index is 11.7. The molecular weight excluding hydrogens is 312 g/mol. The van der Waals surface area contributed by atoms with Gasteiger partial charge in [0.25, 0.3) is 0 Å². The van der Waals surface area contributed by atoms with Crippen LogP contribution in [0.25, 0.3) is 0 Å². The summed E-state index contributed by atoms with van der Waals surface area (Å²) >= 11 is 0. The van der Waals surface area contributed by atoms with E-state index in [1.165, 1.54) is 18.4 Å². The van der Waals surface area contributed by atoms with Crippen molar-refractivity contribution in [3.63, 3.8) is 0 Å². The molecule has 0 aliphatic heterocycles. The lowest BCUT2D eigenvalue weighted by Gasteiger charge is -2.21. The normalized spacial score (nSPS) is 13.4. The summed E-state index contributed by atoms with van der Waals surface area (Å²) in [6.07, 6.45) is 2.98. The van der Waals surface area contributed by atoms with Gasteiger partial charge in [0.1, 0.15) is 5.60 Å². The second kappa shape index (κ2) is 9.23. The predicted molar refractivity (Wildman–Crippen MR) is 106 cm³/mol. The highest BCUT2D eigenvalue weighted by molar-refractivity contribution is 5.84. The molecule has 0 aliphatic rings. The summed E-state index contributed by atoms with van der Waals surface area (Å²) in [5, 5.41) is 6.34. The number of nitrogens with one attached hydrogen (secondary N) is 2. The second-order valence-electron chi connectivity index (χ2n) is 9.03. The summed E-state index contributed by atoms with van der Waals surface area (Å²) in [6, 6.07) is 8.47. The van der Waals surface area contributed by atoms with Gasteiger partial charge in [-0.3, -0.25) is 5.32 Å². The van der Waals surface area contributed by atoms with E-state index in [0.717, 1.165) is 18.7 Å². The summed E-state index contributed by atoms with van der Waals surface area (Å²) in [7, 11) is 0. The van der Waals surface area contributed by atoms with Gasteiger partial charge in [0.15, 0.2) is 0 Å². The standard InChI is InChI=1S/C21H36N2O2/c1-16(12-14-20(2,3)4)22-15-13-17-8-10-18(11-9-17)23-19(24)25-21(5,6)7/h8-11,16,22H,12-15H2,1-7H3,(H,23,24). The Morgan fingerprint density at radius 3 is 2.20 bits per heavy atom. The molecule has 1 rings (SSSR count). The summed E-state index contributed by atoms with van der Waals surface area (Å²) in [4.78, 5) is 11.7. The van der Waals surface area contributed by atoms with Gasteiger partial charge in [0.2, 0.25) is 0 Å². The van der Waals surface area contributed by atoms with Gasteiger partial charge in [-0.2, -0.15) is 0 Å². The van der Waals surface area contributed by atoms with Crippen LogP contribution in [-0.4, -0.2) is 24.3 Å². The van der Waals surface area contributed by atoms with Crippen LogP contribution in [0.15, 0.2) is 24.3 Å². The molecule has 0 fully saturated rings. The zero-order valence-electron chi connectivity index (χ0n) is 17.0. The molecule has 1 unspecified atom stereocenters. The van der Waals surface area contributed by atoms with Gasteiger partial charge in [-0.15, -0.1) is 0 Å². The van der Waals surface area contributed by atoms with Crippen molar-refractivity contribution in [3.05, 3.63) is 29.8 Å². The number of anilines is 1. The van der Waals surface area contributed by atoms with Crippen molar-refractivity contribution in [1.82, 2.24) is 5.32 Å². The van der Waals surface area contributed by atoms with E-state index >= 15 is 0 Å². The number of ether oxygens (including phenoxy) is 1. The zero-order chi connectivity index (χ0) is 19.1. The van der Waals surface area contributed by atoms with Crippen LogP contribution in [0.2, 0.25) is 0 Å². The van der Waals surface area contributed by atoms with E-state index in [1.54, 1.807) is 0 Å². The third-order valence-corrected chi connectivity index (χ3v) is 3.83. The third-order valence-electron chi connectivity index (χ3n) is 3.83. The maximum atomic E-state index is 11.7. The van der Waals surface area contributed by atoms with Gasteiger partial charge in [-0.1, -0.05) is 32.9 Å². The van der Waals surface area contributed by atoms with Crippen molar-refractivity contribution in [2.75, 3.05) is 11.9 Å². The largest absolute Gasteiger partial charge is 0.444 e. The summed E-state index contributed by atoms with van der Waals surface area (Å²) in [5.41, 5.74) is 1.92. The fourth-order valence-corrected chi connectivity index (χ4v) is 2.39. The first-order valence-electron chi connectivity index (χ1n) is 9.27. The Bertz CT molecular complexity index is 524. The van der Waals surface area contributed by atoms with Crippen LogP contribution in [0.4, 0.5) is 10.5 Å². The summed E-state index contributed by atoms with van der Waals surface area (Å²) in [5.74, 6) is 0. The van der Waals surface area contributed by atoms with Crippen molar-refractivity contribution in [2.24, 2.45) is 5.41 Å². The maximum Gasteiger partial charge on any atom is 0.412 e. The van der Waals surface area contributed by atoms with Crippen LogP contribution in [0, 0.1) is 5.41 Å². The average molecular weight is 349 g/mol. The van der Waals surface area contributed by atoms with Crippen LogP contribution < -0.4 is 10.6 Å². The van der Waals surface area contributed by atoms with Gasteiger partial charge in [-0.25, -0.2) is 4.79 Å². The van der Waals surface area contributed by atoms with Gasteiger partial charge < -0.3 is 10.1 Å². The highest BCUT2D eigenvalue weighted by Crippen LogP contribution is 2.21. The highest BCUT2D eigenvalue weighted by Gasteiger charge is 2.16. The Labute approximate surface area is 153 Å². The number of carbonyl (C=O) groups excluding carboxylic acids is 1. The first-order chi connectivity index (χ1) is 11.4. The monoisotopic (exact) mass is 348 g/mol. The molecule has 0 aromatic heterocycles. The van der Waals surface area contributed by atoms with E-state index in [1.807, 2.05) is 45.0 Å². The molecule has 1 aromatic carbocycles. The lowest BCUT2D eigenvalue weighted by atomic mass is 9.89.